The van der Waals surface area contributed by atoms with Crippen LogP contribution in [0.5, 0.6) is 0 Å². The number of aromatic nitrogens is 2. The van der Waals surface area contributed by atoms with Crippen molar-refractivity contribution in [1.82, 2.24) is 9.97 Å². The molecule has 5 rings (SSSR count). The molecule has 0 atom stereocenters. The Bertz CT molecular complexity index is 1560. The Kier molecular flexibility index (Phi) is 8.41. The van der Waals surface area contributed by atoms with Gasteiger partial charge in [0.15, 0.2) is 12.2 Å². The van der Waals surface area contributed by atoms with Crippen LogP contribution in [0, 0.1) is 0 Å². The predicted octanol–water partition coefficient (Wildman–Crippen LogP) is 4.84. The fourth-order valence-electron chi connectivity index (χ4n) is 4.73. The third-order valence-corrected chi connectivity index (χ3v) is 7.89. The molecule has 3 heterocycles. The number of nitrogens with two attached hydrogens (primary N) is 1. The highest BCUT2D eigenvalue weighted by Gasteiger charge is 2.36. The van der Waals surface area contributed by atoms with E-state index in [4.69, 9.17) is 28.8 Å². The number of hydrogen-bond acceptors (Lipinski definition) is 8. The Morgan fingerprint density at radius 2 is 1.77 bits per heavy atom. The summed E-state index contributed by atoms with van der Waals surface area (Å²) in [5.41, 5.74) is 3.50. The number of ether oxygens (including phenoxy) is 3. The molecule has 0 radical (unpaired) electrons. The van der Waals surface area contributed by atoms with Crippen molar-refractivity contribution in [1.29, 1.82) is 0 Å². The molecule has 1 fully saturated rings. The molecule has 1 saturated heterocycles. The molecule has 10 heteroatoms. The van der Waals surface area contributed by atoms with Crippen molar-refractivity contribution in [3.05, 3.63) is 108 Å². The molecule has 208 valence electrons. The van der Waals surface area contributed by atoms with Crippen LogP contribution < -0.4 is 5.14 Å². The first kappa shape index (κ1) is 27.7. The minimum absolute atomic E-state index is 0.0305. The number of pyridine rings is 1. The van der Waals surface area contributed by atoms with Crippen molar-refractivity contribution in [2.45, 2.75) is 36.4 Å². The summed E-state index contributed by atoms with van der Waals surface area (Å²) >= 11 is 0. The number of allylic oxidation sites excluding steroid dienone is 1. The average molecular weight is 562 g/mol. The van der Waals surface area contributed by atoms with Gasteiger partial charge in [-0.1, -0.05) is 36.4 Å². The molecule has 40 heavy (non-hydrogen) atoms. The van der Waals surface area contributed by atoms with Crippen LogP contribution in [0.3, 0.4) is 0 Å². The van der Waals surface area contributed by atoms with Gasteiger partial charge in [0.25, 0.3) is 0 Å². The van der Waals surface area contributed by atoms with E-state index in [9.17, 15) is 8.42 Å². The molecule has 2 N–H and O–H groups in total. The van der Waals surface area contributed by atoms with E-state index in [1.54, 1.807) is 19.2 Å². The molecule has 2 aromatic heterocycles. The summed E-state index contributed by atoms with van der Waals surface area (Å²) in [6.07, 6.45) is 5.25. The lowest BCUT2D eigenvalue weighted by atomic mass is 9.90. The van der Waals surface area contributed by atoms with Crippen LogP contribution in [-0.2, 0) is 42.9 Å². The van der Waals surface area contributed by atoms with Crippen LogP contribution in [0.1, 0.15) is 35.5 Å². The lowest BCUT2D eigenvalue weighted by molar-refractivity contribution is -0.0974. The largest absolute Gasteiger partial charge is 0.487 e. The van der Waals surface area contributed by atoms with E-state index in [1.807, 2.05) is 54.6 Å². The smallest absolute Gasteiger partial charge is 0.238 e. The molecule has 4 aromatic rings. The van der Waals surface area contributed by atoms with Gasteiger partial charge in [-0.15, -0.1) is 0 Å². The monoisotopic (exact) mass is 561 g/mol. The van der Waals surface area contributed by atoms with Gasteiger partial charge in [-0.2, -0.15) is 0 Å². The Morgan fingerprint density at radius 1 is 1.02 bits per heavy atom. The molecule has 0 unspecified atom stereocenters. The number of sulfonamides is 1. The van der Waals surface area contributed by atoms with Crippen molar-refractivity contribution in [2.24, 2.45) is 5.14 Å². The molecule has 2 aromatic carbocycles. The summed E-state index contributed by atoms with van der Waals surface area (Å²) in [5.74, 6) is 1.22. The van der Waals surface area contributed by atoms with Gasteiger partial charge in [-0.05, 0) is 42.5 Å². The average Bonchev–Trinajstić information content (AvgIpc) is 3.46. The number of oxazole rings is 1. The number of nitrogens with zero attached hydrogens (tertiary/aromatic N) is 2. The molecule has 1 aliphatic rings. The molecular formula is C30H31N3O6S. The highest BCUT2D eigenvalue weighted by atomic mass is 32.2. The molecule has 0 amide bonds. The van der Waals surface area contributed by atoms with Gasteiger partial charge in [-0.3, -0.25) is 4.98 Å². The third-order valence-electron chi connectivity index (χ3n) is 6.97. The van der Waals surface area contributed by atoms with Crippen LogP contribution in [0.2, 0.25) is 0 Å². The standard InChI is InChI=1S/C30H31N3O6S/c1-36-30(16-18-37-19-17-30)28-9-5-8-24(33-28)20-38-27(22-6-3-2-4-7-22)15-14-26-29(39-21-32-26)23-10-12-25(13-11-23)40(31,34)35/h2-13,15,21H,14,16-20H2,1H3,(H2,31,34,35)/b27-15-. The van der Waals surface area contributed by atoms with Crippen molar-refractivity contribution in [3.8, 4) is 11.3 Å². The number of methoxy groups -OCH3 is 1. The van der Waals surface area contributed by atoms with E-state index in [0.717, 1.165) is 29.8 Å². The minimum atomic E-state index is -3.78. The summed E-state index contributed by atoms with van der Waals surface area (Å²) < 4.78 is 46.6. The second-order valence-corrected chi connectivity index (χ2v) is 11.0. The maximum Gasteiger partial charge on any atom is 0.238 e. The molecule has 1 aliphatic heterocycles. The number of rotatable bonds is 10. The van der Waals surface area contributed by atoms with Gasteiger partial charge in [-0.25, -0.2) is 18.5 Å². The van der Waals surface area contributed by atoms with E-state index in [0.29, 0.717) is 42.4 Å². The first-order valence-corrected chi connectivity index (χ1v) is 14.5. The van der Waals surface area contributed by atoms with Crippen molar-refractivity contribution in [3.63, 3.8) is 0 Å². The number of primary sulfonamides is 1. The summed E-state index contributed by atoms with van der Waals surface area (Å²) in [6, 6.07) is 21.9. The Labute approximate surface area is 233 Å². The van der Waals surface area contributed by atoms with E-state index < -0.39 is 15.6 Å². The summed E-state index contributed by atoms with van der Waals surface area (Å²) in [5, 5.41) is 5.22. The molecule has 9 nitrogen and oxygen atoms in total. The van der Waals surface area contributed by atoms with Crippen LogP contribution in [-0.4, -0.2) is 38.7 Å². The van der Waals surface area contributed by atoms with Gasteiger partial charge < -0.3 is 18.6 Å². The van der Waals surface area contributed by atoms with E-state index in [1.165, 1.54) is 18.5 Å². The van der Waals surface area contributed by atoms with Gasteiger partial charge in [0, 0.05) is 50.7 Å². The van der Waals surface area contributed by atoms with E-state index in [-0.39, 0.29) is 11.5 Å². The second kappa shape index (κ2) is 12.1. The van der Waals surface area contributed by atoms with Crippen molar-refractivity contribution in [2.75, 3.05) is 20.3 Å². The fourth-order valence-corrected chi connectivity index (χ4v) is 5.24. The highest BCUT2D eigenvalue weighted by Crippen LogP contribution is 2.34. The topological polar surface area (TPSA) is 127 Å². The predicted molar refractivity (Wildman–Crippen MR) is 149 cm³/mol. The quantitative estimate of drug-likeness (QED) is 0.273. The van der Waals surface area contributed by atoms with Crippen molar-refractivity contribution >= 4 is 15.8 Å². The summed E-state index contributed by atoms with van der Waals surface area (Å²) in [6.45, 7) is 1.54. The van der Waals surface area contributed by atoms with Crippen LogP contribution in [0.4, 0.5) is 0 Å². The highest BCUT2D eigenvalue weighted by molar-refractivity contribution is 7.89. The van der Waals surface area contributed by atoms with Crippen LogP contribution in [0.25, 0.3) is 17.1 Å². The molecule has 0 bridgehead atoms. The number of benzene rings is 2. The zero-order valence-corrected chi connectivity index (χ0v) is 23.0. The zero-order chi connectivity index (χ0) is 28.0. The van der Waals surface area contributed by atoms with Gasteiger partial charge in [0.05, 0.1) is 22.0 Å². The Balaban J connectivity index is 1.36. The van der Waals surface area contributed by atoms with Crippen LogP contribution >= 0.6 is 0 Å². The third kappa shape index (κ3) is 6.31. The van der Waals surface area contributed by atoms with E-state index in [2.05, 4.69) is 4.98 Å². The first-order valence-electron chi connectivity index (χ1n) is 12.9. The zero-order valence-electron chi connectivity index (χ0n) is 22.2. The maximum atomic E-state index is 11.6. The molecule has 0 spiro atoms. The lowest BCUT2D eigenvalue weighted by Gasteiger charge is -2.35. The first-order chi connectivity index (χ1) is 19.4. The van der Waals surface area contributed by atoms with Crippen molar-refractivity contribution < 1.29 is 27.0 Å². The minimum Gasteiger partial charge on any atom is -0.487 e. The van der Waals surface area contributed by atoms with Gasteiger partial charge in [0.1, 0.15) is 18.0 Å². The Hall–Kier alpha value is -3.83. The summed E-state index contributed by atoms with van der Waals surface area (Å²) in [7, 11) is -2.06. The fraction of sp³-hybridized carbons (Fsp3) is 0.267. The number of hydrogen-bond donors (Lipinski definition) is 1. The Morgan fingerprint density at radius 3 is 2.48 bits per heavy atom. The second-order valence-electron chi connectivity index (χ2n) is 9.45. The molecule has 0 saturated carbocycles. The normalized spacial score (nSPS) is 15.6. The molecule has 0 aliphatic carbocycles. The lowest BCUT2D eigenvalue weighted by Crippen LogP contribution is -2.36. The van der Waals surface area contributed by atoms with Gasteiger partial charge in [0.2, 0.25) is 10.0 Å². The summed E-state index contributed by atoms with van der Waals surface area (Å²) in [4.78, 5) is 9.29. The van der Waals surface area contributed by atoms with Gasteiger partial charge >= 0.3 is 0 Å². The molecular weight excluding hydrogens is 530 g/mol. The van der Waals surface area contributed by atoms with Crippen LogP contribution in [0.15, 0.2) is 94.6 Å². The SMILES string of the molecule is COC1(c2cccc(CO/C(=C\Cc3ncoc3-c3ccc(S(N)(=O)=O)cc3)c3ccccc3)n2)CCOCC1. The van der Waals surface area contributed by atoms with E-state index >= 15 is 0 Å². The maximum absolute atomic E-state index is 11.6.